The lowest BCUT2D eigenvalue weighted by molar-refractivity contribution is 0.0485. The van der Waals surface area contributed by atoms with E-state index in [1.807, 2.05) is 0 Å². The van der Waals surface area contributed by atoms with Crippen molar-refractivity contribution in [3.05, 3.63) is 35.5 Å². The van der Waals surface area contributed by atoms with Crippen molar-refractivity contribution in [2.75, 3.05) is 13.1 Å². The topological polar surface area (TPSA) is 40.6 Å². The minimum atomic E-state index is 0.242. The Morgan fingerprint density at radius 1 is 1.38 bits per heavy atom. The van der Waals surface area contributed by atoms with Crippen LogP contribution in [0.1, 0.15) is 31.0 Å². The molecule has 0 unspecified atom stereocenters. The summed E-state index contributed by atoms with van der Waals surface area (Å²) in [4.78, 5) is 11.6. The molecule has 0 spiro atoms. The molecule has 3 heterocycles. The first-order valence-corrected chi connectivity index (χ1v) is 7.86. The molecule has 2 aromatic rings. The second-order valence-electron chi connectivity index (χ2n) is 6.06. The fraction of sp³-hybridized carbons (Fsp3) is 0.471. The van der Waals surface area contributed by atoms with E-state index in [0.29, 0.717) is 0 Å². The van der Waals surface area contributed by atoms with Crippen molar-refractivity contribution in [2.45, 2.75) is 38.8 Å². The number of aromatic amines is 1. The van der Waals surface area contributed by atoms with Gasteiger partial charge in [0.05, 0.1) is 5.71 Å². The van der Waals surface area contributed by atoms with Crippen LogP contribution in [0.25, 0.3) is 10.9 Å². The first-order valence-electron chi connectivity index (χ1n) is 7.86. The molecular weight excluding hydrogens is 262 g/mol. The summed E-state index contributed by atoms with van der Waals surface area (Å²) in [5.41, 5.74) is 5.33. The fourth-order valence-electron chi connectivity index (χ4n) is 3.49. The van der Waals surface area contributed by atoms with Gasteiger partial charge in [-0.2, -0.15) is 0 Å². The number of fused-ring (bicyclic) bond motifs is 3. The quantitative estimate of drug-likeness (QED) is 0.940. The maximum atomic E-state index is 5.54. The minimum absolute atomic E-state index is 0.242. The van der Waals surface area contributed by atoms with Gasteiger partial charge in [-0.1, -0.05) is 30.3 Å². The molecule has 1 aromatic carbocycles. The number of nitrogens with one attached hydrogen (secondary N) is 1. The molecule has 4 rings (SSSR count). The van der Waals surface area contributed by atoms with Crippen LogP contribution in [0.2, 0.25) is 0 Å². The summed E-state index contributed by atoms with van der Waals surface area (Å²) in [5, 5.41) is 5.55. The molecule has 4 nitrogen and oxygen atoms in total. The highest BCUT2D eigenvalue weighted by Crippen LogP contribution is 2.28. The number of H-pyrrole nitrogens is 1. The van der Waals surface area contributed by atoms with Crippen LogP contribution in [-0.2, 0) is 17.8 Å². The largest absolute Gasteiger partial charge is 0.391 e. The molecule has 0 saturated carbocycles. The van der Waals surface area contributed by atoms with Crippen molar-refractivity contribution in [1.82, 2.24) is 9.88 Å². The Bertz CT molecular complexity index is 688. The Hall–Kier alpha value is -1.81. The van der Waals surface area contributed by atoms with Crippen LogP contribution >= 0.6 is 0 Å². The van der Waals surface area contributed by atoms with Crippen molar-refractivity contribution in [3.63, 3.8) is 0 Å². The molecular formula is C17H21N3O. The fourth-order valence-corrected chi connectivity index (χ4v) is 3.49. The molecule has 2 aliphatic heterocycles. The average molecular weight is 283 g/mol. The molecule has 110 valence electrons. The normalized spacial score (nSPS) is 22.1. The van der Waals surface area contributed by atoms with Crippen LogP contribution in [0.3, 0.4) is 0 Å². The van der Waals surface area contributed by atoms with Gasteiger partial charge in [0.25, 0.3) is 0 Å². The molecule has 1 N–H and O–H groups in total. The number of rotatable bonds is 3. The monoisotopic (exact) mass is 283 g/mol. The van der Waals surface area contributed by atoms with Crippen molar-refractivity contribution < 1.29 is 4.84 Å². The zero-order valence-corrected chi connectivity index (χ0v) is 12.4. The number of hydrogen-bond donors (Lipinski definition) is 1. The lowest BCUT2D eigenvalue weighted by atomic mass is 10.0. The van der Waals surface area contributed by atoms with Gasteiger partial charge in [-0.25, -0.2) is 0 Å². The molecule has 0 aliphatic carbocycles. The zero-order chi connectivity index (χ0) is 14.2. The predicted molar refractivity (Wildman–Crippen MR) is 84.5 cm³/mol. The third kappa shape index (κ3) is 2.33. The Labute approximate surface area is 124 Å². The van der Waals surface area contributed by atoms with E-state index < -0.39 is 0 Å². The summed E-state index contributed by atoms with van der Waals surface area (Å²) in [7, 11) is 0. The highest BCUT2D eigenvalue weighted by atomic mass is 16.6. The van der Waals surface area contributed by atoms with Crippen LogP contribution < -0.4 is 0 Å². The Balaban J connectivity index is 1.47. The Kier molecular flexibility index (Phi) is 3.19. The van der Waals surface area contributed by atoms with Crippen molar-refractivity contribution in [2.24, 2.45) is 5.16 Å². The van der Waals surface area contributed by atoms with Gasteiger partial charge in [0.2, 0.25) is 0 Å². The number of nitrogens with zero attached hydrogens (tertiary/aromatic N) is 2. The number of para-hydroxylation sites is 1. The van der Waals surface area contributed by atoms with E-state index in [9.17, 15) is 0 Å². The summed E-state index contributed by atoms with van der Waals surface area (Å²) >= 11 is 0. The number of benzene rings is 1. The molecule has 21 heavy (non-hydrogen) atoms. The van der Waals surface area contributed by atoms with Crippen molar-refractivity contribution in [3.8, 4) is 0 Å². The van der Waals surface area contributed by atoms with Gasteiger partial charge in [-0.3, -0.25) is 4.90 Å². The zero-order valence-electron chi connectivity index (χ0n) is 12.4. The smallest absolute Gasteiger partial charge is 0.145 e. The van der Waals surface area contributed by atoms with Crippen molar-refractivity contribution >= 4 is 16.6 Å². The summed E-state index contributed by atoms with van der Waals surface area (Å²) in [5.74, 6) is 0. The van der Waals surface area contributed by atoms with E-state index >= 15 is 0 Å². The van der Waals surface area contributed by atoms with E-state index in [1.165, 1.54) is 27.9 Å². The molecule has 1 aromatic heterocycles. The van der Waals surface area contributed by atoms with Gasteiger partial charge in [-0.15, -0.1) is 0 Å². The van der Waals surface area contributed by atoms with Gasteiger partial charge in [0.1, 0.15) is 6.10 Å². The summed E-state index contributed by atoms with van der Waals surface area (Å²) < 4.78 is 0. The summed E-state index contributed by atoms with van der Waals surface area (Å²) in [6, 6.07) is 8.61. The molecule has 0 fully saturated rings. The van der Waals surface area contributed by atoms with Crippen molar-refractivity contribution in [1.29, 1.82) is 0 Å². The molecule has 0 amide bonds. The van der Waals surface area contributed by atoms with Gasteiger partial charge in [-0.05, 0) is 24.5 Å². The predicted octanol–water partition coefficient (Wildman–Crippen LogP) is 3.08. The average Bonchev–Trinajstić information content (AvgIpc) is 3.10. The van der Waals surface area contributed by atoms with Gasteiger partial charge < -0.3 is 9.82 Å². The number of hydrogen-bond acceptors (Lipinski definition) is 3. The molecule has 2 aliphatic rings. The lowest BCUT2D eigenvalue weighted by Crippen LogP contribution is -2.36. The summed E-state index contributed by atoms with van der Waals surface area (Å²) in [6.45, 7) is 5.21. The molecule has 0 radical (unpaired) electrons. The Morgan fingerprint density at radius 3 is 3.14 bits per heavy atom. The lowest BCUT2D eigenvalue weighted by Gasteiger charge is -2.28. The Morgan fingerprint density at radius 2 is 2.29 bits per heavy atom. The van der Waals surface area contributed by atoms with E-state index in [4.69, 9.17) is 4.84 Å². The van der Waals surface area contributed by atoms with E-state index in [2.05, 4.69) is 46.2 Å². The third-order valence-corrected chi connectivity index (χ3v) is 4.63. The minimum Gasteiger partial charge on any atom is -0.391 e. The highest BCUT2D eigenvalue weighted by Gasteiger charge is 2.26. The number of aromatic nitrogens is 1. The second kappa shape index (κ2) is 5.19. The third-order valence-electron chi connectivity index (χ3n) is 4.63. The number of oxime groups is 1. The van der Waals surface area contributed by atoms with Crippen LogP contribution in [-0.4, -0.2) is 34.8 Å². The second-order valence-corrected chi connectivity index (χ2v) is 6.06. The van der Waals surface area contributed by atoms with E-state index in [0.717, 1.165) is 38.9 Å². The maximum absolute atomic E-state index is 5.54. The molecule has 0 bridgehead atoms. The van der Waals surface area contributed by atoms with Crippen LogP contribution in [0.4, 0.5) is 0 Å². The van der Waals surface area contributed by atoms with E-state index in [-0.39, 0.29) is 6.10 Å². The van der Waals surface area contributed by atoms with E-state index in [1.54, 1.807) is 0 Å². The van der Waals surface area contributed by atoms with Crippen LogP contribution in [0, 0.1) is 0 Å². The summed E-state index contributed by atoms with van der Waals surface area (Å²) in [6.07, 6.45) is 3.36. The SMILES string of the molecule is CCC1=NO[C@H](CN2CCc3c([nH]c4ccccc34)C2)C1. The highest BCUT2D eigenvalue weighted by molar-refractivity contribution is 5.85. The molecule has 0 saturated heterocycles. The van der Waals surface area contributed by atoms with Gasteiger partial charge >= 0.3 is 0 Å². The standard InChI is InChI=1S/C17H21N3O/c1-2-12-9-13(21-19-12)10-20-8-7-15-14-5-3-4-6-16(14)18-17(15)11-20/h3-6,13,18H,2,7-11H2,1H3/t13-/m0/s1. The first kappa shape index (κ1) is 12.9. The first-order chi connectivity index (χ1) is 10.3. The maximum Gasteiger partial charge on any atom is 0.145 e. The molecule has 4 heteroatoms. The van der Waals surface area contributed by atoms with Crippen LogP contribution in [0.5, 0.6) is 0 Å². The van der Waals surface area contributed by atoms with Gasteiger partial charge in [0.15, 0.2) is 0 Å². The molecule has 1 atom stereocenters. The van der Waals surface area contributed by atoms with Gasteiger partial charge in [0, 0.05) is 42.7 Å². The van der Waals surface area contributed by atoms with Crippen LogP contribution in [0.15, 0.2) is 29.4 Å².